The number of amides is 1. The van der Waals surface area contributed by atoms with Gasteiger partial charge < -0.3 is 15.3 Å². The SMILES string of the molecule is CC(c1ccccc1)N1C(=O)c2ccccc2NC1c1cccc(O)c1. The van der Waals surface area contributed by atoms with E-state index in [0.717, 1.165) is 16.8 Å². The molecule has 1 aliphatic heterocycles. The van der Waals surface area contributed by atoms with Crippen molar-refractivity contribution in [2.24, 2.45) is 0 Å². The summed E-state index contributed by atoms with van der Waals surface area (Å²) in [6.45, 7) is 2.03. The van der Waals surface area contributed by atoms with Gasteiger partial charge in [-0.1, -0.05) is 54.6 Å². The third kappa shape index (κ3) is 2.80. The van der Waals surface area contributed by atoms with Gasteiger partial charge in [-0.05, 0) is 42.3 Å². The average Bonchev–Trinajstić information content (AvgIpc) is 2.68. The number of rotatable bonds is 3. The highest BCUT2D eigenvalue weighted by molar-refractivity contribution is 6.02. The lowest BCUT2D eigenvalue weighted by Gasteiger charge is -2.42. The Labute approximate surface area is 152 Å². The Morgan fingerprint density at radius 3 is 2.46 bits per heavy atom. The largest absolute Gasteiger partial charge is 0.508 e. The summed E-state index contributed by atoms with van der Waals surface area (Å²) in [6.07, 6.45) is -0.361. The maximum atomic E-state index is 13.3. The fraction of sp³-hybridized carbons (Fsp3) is 0.136. The highest BCUT2D eigenvalue weighted by atomic mass is 16.3. The van der Waals surface area contributed by atoms with Gasteiger partial charge in [-0.3, -0.25) is 4.79 Å². The molecule has 4 nitrogen and oxygen atoms in total. The van der Waals surface area contributed by atoms with E-state index in [0.29, 0.717) is 5.56 Å². The molecule has 2 unspecified atom stereocenters. The molecule has 2 N–H and O–H groups in total. The smallest absolute Gasteiger partial charge is 0.258 e. The first-order chi connectivity index (χ1) is 12.6. The molecule has 0 saturated carbocycles. The number of hydrogen-bond donors (Lipinski definition) is 2. The van der Waals surface area contributed by atoms with Gasteiger partial charge in [0.25, 0.3) is 5.91 Å². The minimum absolute atomic E-state index is 0.0240. The molecule has 4 heteroatoms. The molecule has 3 aromatic carbocycles. The number of fused-ring (bicyclic) bond motifs is 1. The third-order valence-corrected chi connectivity index (χ3v) is 4.85. The van der Waals surface area contributed by atoms with Crippen LogP contribution in [0, 0.1) is 0 Å². The highest BCUT2D eigenvalue weighted by Crippen LogP contribution is 2.39. The molecule has 26 heavy (non-hydrogen) atoms. The minimum atomic E-state index is -0.361. The standard InChI is InChI=1S/C22H20N2O2/c1-15(16-8-3-2-4-9-16)24-21(17-10-7-11-18(25)14-17)23-20-13-6-5-12-19(20)22(24)26/h2-15,21,23,25H,1H3. The average molecular weight is 344 g/mol. The van der Waals surface area contributed by atoms with Gasteiger partial charge in [0.05, 0.1) is 11.6 Å². The molecule has 0 aliphatic carbocycles. The van der Waals surface area contributed by atoms with Crippen molar-refractivity contribution in [1.29, 1.82) is 0 Å². The van der Waals surface area contributed by atoms with E-state index in [1.165, 1.54) is 0 Å². The number of nitrogens with one attached hydrogen (secondary N) is 1. The summed E-state index contributed by atoms with van der Waals surface area (Å²) in [6, 6.07) is 24.4. The summed E-state index contributed by atoms with van der Waals surface area (Å²) in [5.74, 6) is 0.159. The molecular formula is C22H20N2O2. The minimum Gasteiger partial charge on any atom is -0.508 e. The van der Waals surface area contributed by atoms with Crippen LogP contribution in [0.15, 0.2) is 78.9 Å². The molecule has 2 atom stereocenters. The van der Waals surface area contributed by atoms with Gasteiger partial charge >= 0.3 is 0 Å². The number of carbonyl (C=O) groups excluding carboxylic acids is 1. The van der Waals surface area contributed by atoms with Crippen LogP contribution in [-0.4, -0.2) is 15.9 Å². The maximum absolute atomic E-state index is 13.3. The lowest BCUT2D eigenvalue weighted by Crippen LogP contribution is -2.44. The second-order valence-corrected chi connectivity index (χ2v) is 6.49. The van der Waals surface area contributed by atoms with Gasteiger partial charge in [-0.25, -0.2) is 0 Å². The van der Waals surface area contributed by atoms with E-state index >= 15 is 0 Å². The number of nitrogens with zero attached hydrogens (tertiary/aromatic N) is 1. The first kappa shape index (κ1) is 16.2. The number of carbonyl (C=O) groups is 1. The van der Waals surface area contributed by atoms with Crippen LogP contribution >= 0.6 is 0 Å². The molecule has 3 aromatic rings. The van der Waals surface area contributed by atoms with Crippen molar-refractivity contribution in [1.82, 2.24) is 4.90 Å². The van der Waals surface area contributed by atoms with E-state index in [1.807, 2.05) is 72.5 Å². The van der Waals surface area contributed by atoms with Crippen LogP contribution < -0.4 is 5.32 Å². The number of benzene rings is 3. The van der Waals surface area contributed by atoms with Gasteiger partial charge in [-0.2, -0.15) is 0 Å². The van der Waals surface area contributed by atoms with Crippen LogP contribution in [-0.2, 0) is 0 Å². The number of phenolic OH excluding ortho intramolecular Hbond substituents is 1. The monoisotopic (exact) mass is 344 g/mol. The predicted molar refractivity (Wildman–Crippen MR) is 102 cm³/mol. The summed E-state index contributed by atoms with van der Waals surface area (Å²) in [5.41, 5.74) is 3.37. The van der Waals surface area contributed by atoms with Crippen molar-refractivity contribution in [3.8, 4) is 5.75 Å². The van der Waals surface area contributed by atoms with Gasteiger partial charge in [0.15, 0.2) is 0 Å². The van der Waals surface area contributed by atoms with E-state index in [4.69, 9.17) is 0 Å². The fourth-order valence-corrected chi connectivity index (χ4v) is 3.50. The first-order valence-corrected chi connectivity index (χ1v) is 8.67. The summed E-state index contributed by atoms with van der Waals surface area (Å²) < 4.78 is 0. The zero-order chi connectivity index (χ0) is 18.1. The number of hydrogen-bond acceptors (Lipinski definition) is 3. The summed E-state index contributed by atoms with van der Waals surface area (Å²) in [4.78, 5) is 15.2. The summed E-state index contributed by atoms with van der Waals surface area (Å²) in [7, 11) is 0. The zero-order valence-corrected chi connectivity index (χ0v) is 14.5. The van der Waals surface area contributed by atoms with Crippen LogP contribution in [0.5, 0.6) is 5.75 Å². The molecule has 0 radical (unpaired) electrons. The normalized spacial score (nSPS) is 17.3. The van der Waals surface area contributed by atoms with Gasteiger partial charge in [-0.15, -0.1) is 0 Å². The molecule has 0 aromatic heterocycles. The number of anilines is 1. The lowest BCUT2D eigenvalue weighted by molar-refractivity contribution is 0.0596. The van der Waals surface area contributed by atoms with Crippen LogP contribution in [0.2, 0.25) is 0 Å². The Morgan fingerprint density at radius 1 is 0.962 bits per heavy atom. The van der Waals surface area contributed by atoms with Gasteiger partial charge in [0, 0.05) is 5.69 Å². The van der Waals surface area contributed by atoms with E-state index in [2.05, 4.69) is 5.32 Å². The Kier molecular flexibility index (Phi) is 4.09. The quantitative estimate of drug-likeness (QED) is 0.723. The third-order valence-electron chi connectivity index (χ3n) is 4.85. The maximum Gasteiger partial charge on any atom is 0.258 e. The molecule has 1 heterocycles. The fourth-order valence-electron chi connectivity index (χ4n) is 3.50. The summed E-state index contributed by atoms with van der Waals surface area (Å²) in [5, 5.41) is 13.4. The van der Waals surface area contributed by atoms with E-state index in [1.54, 1.807) is 18.2 Å². The van der Waals surface area contributed by atoms with E-state index < -0.39 is 0 Å². The molecule has 0 bridgehead atoms. The van der Waals surface area contributed by atoms with Crippen molar-refractivity contribution >= 4 is 11.6 Å². The van der Waals surface area contributed by atoms with Crippen LogP contribution in [0.4, 0.5) is 5.69 Å². The van der Waals surface area contributed by atoms with Crippen molar-refractivity contribution in [3.05, 3.63) is 95.6 Å². The Bertz CT molecular complexity index is 940. The molecule has 0 saturated heterocycles. The Hall–Kier alpha value is -3.27. The van der Waals surface area contributed by atoms with Gasteiger partial charge in [0.2, 0.25) is 0 Å². The van der Waals surface area contributed by atoms with Crippen molar-refractivity contribution < 1.29 is 9.90 Å². The van der Waals surface area contributed by atoms with Crippen molar-refractivity contribution in [3.63, 3.8) is 0 Å². The van der Waals surface area contributed by atoms with E-state index in [9.17, 15) is 9.90 Å². The highest BCUT2D eigenvalue weighted by Gasteiger charge is 2.36. The van der Waals surface area contributed by atoms with Crippen LogP contribution in [0.25, 0.3) is 0 Å². The predicted octanol–water partition coefficient (Wildman–Crippen LogP) is 4.72. The molecule has 4 rings (SSSR count). The number of phenols is 1. The van der Waals surface area contributed by atoms with Crippen molar-refractivity contribution in [2.75, 3.05) is 5.32 Å². The molecule has 1 aliphatic rings. The molecule has 1 amide bonds. The second kappa shape index (κ2) is 6.56. The Balaban J connectivity index is 1.82. The van der Waals surface area contributed by atoms with E-state index in [-0.39, 0.29) is 23.9 Å². The van der Waals surface area contributed by atoms with Crippen LogP contribution in [0.3, 0.4) is 0 Å². The topological polar surface area (TPSA) is 52.6 Å². The number of para-hydroxylation sites is 1. The Morgan fingerprint density at radius 2 is 1.69 bits per heavy atom. The number of aromatic hydroxyl groups is 1. The second-order valence-electron chi connectivity index (χ2n) is 6.49. The summed E-state index contributed by atoms with van der Waals surface area (Å²) >= 11 is 0. The van der Waals surface area contributed by atoms with Gasteiger partial charge in [0.1, 0.15) is 11.9 Å². The molecule has 0 spiro atoms. The molecule has 130 valence electrons. The lowest BCUT2D eigenvalue weighted by atomic mass is 9.98. The zero-order valence-electron chi connectivity index (χ0n) is 14.5. The first-order valence-electron chi connectivity index (χ1n) is 8.67. The van der Waals surface area contributed by atoms with Crippen molar-refractivity contribution in [2.45, 2.75) is 19.1 Å². The molecule has 0 fully saturated rings. The molecular weight excluding hydrogens is 324 g/mol. The van der Waals surface area contributed by atoms with Crippen LogP contribution in [0.1, 0.15) is 40.6 Å².